The van der Waals surface area contributed by atoms with E-state index in [1.54, 1.807) is 25.4 Å². The van der Waals surface area contributed by atoms with Crippen LogP contribution in [-0.2, 0) is 21.6 Å². The molecule has 0 aliphatic rings. The van der Waals surface area contributed by atoms with Gasteiger partial charge in [0.05, 0.1) is 16.9 Å². The molecule has 0 aliphatic carbocycles. The zero-order valence-electron chi connectivity index (χ0n) is 17.6. The van der Waals surface area contributed by atoms with Crippen molar-refractivity contribution >= 4 is 29.2 Å². The van der Waals surface area contributed by atoms with Crippen LogP contribution in [0.3, 0.4) is 0 Å². The molecule has 0 saturated carbocycles. The number of benzene rings is 1. The van der Waals surface area contributed by atoms with E-state index < -0.39 is 5.60 Å². The normalized spacial score (nSPS) is 12.1. The SMILES string of the molecule is COC(C)(C)c1cnc(SNC(=O)Cc2c(C(C)C)cc(F)cc2C(C)C)s1. The van der Waals surface area contributed by atoms with Crippen molar-refractivity contribution in [3.63, 3.8) is 0 Å². The van der Waals surface area contributed by atoms with Crippen LogP contribution in [-0.4, -0.2) is 18.0 Å². The quantitative estimate of drug-likeness (QED) is 0.546. The van der Waals surface area contributed by atoms with E-state index in [0.29, 0.717) is 0 Å². The highest BCUT2D eigenvalue weighted by Crippen LogP contribution is 2.33. The topological polar surface area (TPSA) is 51.2 Å². The van der Waals surface area contributed by atoms with E-state index in [9.17, 15) is 9.18 Å². The second kappa shape index (κ2) is 9.37. The predicted octanol–water partition coefficient (Wildman–Crippen LogP) is 5.78. The maximum atomic E-state index is 14.0. The molecule has 1 heterocycles. The number of carbonyl (C=O) groups excluding carboxylic acids is 1. The Hall–Kier alpha value is -1.44. The standard InChI is InChI=1S/C21H29FN2O2S2/c1-12(2)15-8-14(22)9-16(13(3)4)17(15)10-19(25)24-28-20-23-11-18(27-20)21(5,6)26-7/h8-9,11-13H,10H2,1-7H3,(H,24,25). The van der Waals surface area contributed by atoms with Crippen LogP contribution in [0.5, 0.6) is 0 Å². The molecule has 2 aromatic rings. The van der Waals surface area contributed by atoms with E-state index in [-0.39, 0.29) is 30.0 Å². The van der Waals surface area contributed by atoms with E-state index in [1.165, 1.54) is 23.3 Å². The lowest BCUT2D eigenvalue weighted by Gasteiger charge is -2.20. The third-order valence-corrected chi connectivity index (χ3v) is 6.91. The van der Waals surface area contributed by atoms with Crippen molar-refractivity contribution in [3.05, 3.63) is 45.7 Å². The minimum Gasteiger partial charge on any atom is -0.373 e. The fraction of sp³-hybridized carbons (Fsp3) is 0.524. The number of hydrogen-bond donors (Lipinski definition) is 1. The van der Waals surface area contributed by atoms with Gasteiger partial charge >= 0.3 is 0 Å². The van der Waals surface area contributed by atoms with Crippen LogP contribution in [0.4, 0.5) is 4.39 Å². The van der Waals surface area contributed by atoms with Crippen molar-refractivity contribution < 1.29 is 13.9 Å². The number of nitrogens with one attached hydrogen (secondary N) is 1. The summed E-state index contributed by atoms with van der Waals surface area (Å²) in [5.74, 6) is -0.0898. The van der Waals surface area contributed by atoms with Crippen molar-refractivity contribution in [3.8, 4) is 0 Å². The highest BCUT2D eigenvalue weighted by atomic mass is 32.2. The van der Waals surface area contributed by atoms with E-state index in [4.69, 9.17) is 4.74 Å². The third kappa shape index (κ3) is 5.55. The summed E-state index contributed by atoms with van der Waals surface area (Å²) in [6.07, 6.45) is 1.99. The summed E-state index contributed by atoms with van der Waals surface area (Å²) in [4.78, 5) is 18.0. The third-order valence-electron chi connectivity index (χ3n) is 4.71. The molecule has 0 unspecified atom stereocenters. The summed E-state index contributed by atoms with van der Waals surface area (Å²) in [7, 11) is 1.66. The van der Waals surface area contributed by atoms with Gasteiger partial charge in [0, 0.05) is 25.3 Å². The fourth-order valence-electron chi connectivity index (χ4n) is 2.90. The van der Waals surface area contributed by atoms with Gasteiger partial charge in [-0.25, -0.2) is 9.37 Å². The fourth-order valence-corrected chi connectivity index (χ4v) is 4.56. The number of aromatic nitrogens is 1. The lowest BCUT2D eigenvalue weighted by atomic mass is 9.87. The Bertz CT molecular complexity index is 803. The zero-order valence-corrected chi connectivity index (χ0v) is 19.2. The Morgan fingerprint density at radius 1 is 1.25 bits per heavy atom. The number of halogens is 1. The van der Waals surface area contributed by atoms with Gasteiger partial charge in [-0.05, 0) is 54.5 Å². The number of hydrogen-bond acceptors (Lipinski definition) is 5. The van der Waals surface area contributed by atoms with Gasteiger partial charge in [-0.3, -0.25) is 9.52 Å². The molecule has 0 radical (unpaired) electrons. The molecule has 154 valence electrons. The van der Waals surface area contributed by atoms with Gasteiger partial charge in [-0.1, -0.05) is 27.7 Å². The molecular weight excluding hydrogens is 395 g/mol. The van der Waals surface area contributed by atoms with Gasteiger partial charge < -0.3 is 4.74 Å². The van der Waals surface area contributed by atoms with Gasteiger partial charge in [-0.2, -0.15) is 0 Å². The Morgan fingerprint density at radius 2 is 1.82 bits per heavy atom. The Morgan fingerprint density at radius 3 is 2.32 bits per heavy atom. The van der Waals surface area contributed by atoms with Crippen molar-refractivity contribution in [2.75, 3.05) is 7.11 Å². The van der Waals surface area contributed by atoms with Crippen LogP contribution in [0, 0.1) is 5.82 Å². The summed E-state index contributed by atoms with van der Waals surface area (Å²) in [6, 6.07) is 3.10. The summed E-state index contributed by atoms with van der Waals surface area (Å²) < 4.78 is 23.1. The molecule has 4 nitrogen and oxygen atoms in total. The first-order valence-corrected chi connectivity index (χ1v) is 11.0. The molecule has 0 spiro atoms. The molecular formula is C21H29FN2O2S2. The molecule has 1 aromatic carbocycles. The number of rotatable bonds is 8. The number of thiazole rings is 1. The predicted molar refractivity (Wildman–Crippen MR) is 114 cm³/mol. The van der Waals surface area contributed by atoms with Crippen LogP contribution >= 0.6 is 23.3 Å². The van der Waals surface area contributed by atoms with Gasteiger partial charge in [-0.15, -0.1) is 11.3 Å². The summed E-state index contributed by atoms with van der Waals surface area (Å²) in [5.41, 5.74) is 2.29. The minimum absolute atomic E-state index is 0.122. The van der Waals surface area contributed by atoms with Crippen LogP contribution in [0.15, 0.2) is 22.7 Å². The van der Waals surface area contributed by atoms with Crippen molar-refractivity contribution in [1.82, 2.24) is 9.71 Å². The van der Waals surface area contributed by atoms with Crippen LogP contribution in [0.2, 0.25) is 0 Å². The average molecular weight is 425 g/mol. The first-order chi connectivity index (χ1) is 13.0. The van der Waals surface area contributed by atoms with Crippen LogP contribution < -0.4 is 4.72 Å². The molecule has 0 aliphatic heterocycles. The molecule has 7 heteroatoms. The number of carbonyl (C=O) groups is 1. The summed E-state index contributed by atoms with van der Waals surface area (Å²) in [6.45, 7) is 12.0. The smallest absolute Gasteiger partial charge is 0.234 e. The van der Waals surface area contributed by atoms with E-state index in [1.807, 2.05) is 41.5 Å². The van der Waals surface area contributed by atoms with Crippen LogP contribution in [0.1, 0.15) is 74.9 Å². The Balaban J connectivity index is 2.13. The molecule has 1 aromatic heterocycles. The van der Waals surface area contributed by atoms with Gasteiger partial charge in [0.15, 0.2) is 4.34 Å². The van der Waals surface area contributed by atoms with E-state index in [2.05, 4.69) is 9.71 Å². The highest BCUT2D eigenvalue weighted by molar-refractivity contribution is 7.99. The van der Waals surface area contributed by atoms with Crippen molar-refractivity contribution in [2.45, 2.75) is 69.7 Å². The maximum absolute atomic E-state index is 14.0. The van der Waals surface area contributed by atoms with E-state index >= 15 is 0 Å². The first-order valence-electron chi connectivity index (χ1n) is 9.34. The van der Waals surface area contributed by atoms with Crippen molar-refractivity contribution in [2.24, 2.45) is 0 Å². The number of methoxy groups -OCH3 is 1. The zero-order chi connectivity index (χ0) is 21.1. The molecule has 2 rings (SSSR count). The van der Waals surface area contributed by atoms with Gasteiger partial charge in [0.25, 0.3) is 0 Å². The van der Waals surface area contributed by atoms with Crippen LogP contribution in [0.25, 0.3) is 0 Å². The van der Waals surface area contributed by atoms with Gasteiger partial charge in [0.2, 0.25) is 5.91 Å². The monoisotopic (exact) mass is 424 g/mol. The molecule has 0 bridgehead atoms. The minimum atomic E-state index is -0.410. The highest BCUT2D eigenvalue weighted by Gasteiger charge is 2.23. The van der Waals surface area contributed by atoms with Crippen molar-refractivity contribution in [1.29, 1.82) is 0 Å². The first kappa shape index (κ1) is 22.8. The average Bonchev–Trinajstić information content (AvgIpc) is 3.10. The lowest BCUT2D eigenvalue weighted by molar-refractivity contribution is -0.118. The molecule has 0 atom stereocenters. The molecule has 1 amide bonds. The lowest BCUT2D eigenvalue weighted by Crippen LogP contribution is -2.20. The molecule has 0 saturated heterocycles. The number of amides is 1. The summed E-state index contributed by atoms with van der Waals surface area (Å²) >= 11 is 2.70. The Labute approximate surface area is 175 Å². The number of nitrogens with zero attached hydrogens (tertiary/aromatic N) is 1. The Kier molecular flexibility index (Phi) is 7.65. The van der Waals surface area contributed by atoms with E-state index in [0.717, 1.165) is 25.9 Å². The second-order valence-corrected chi connectivity index (χ2v) is 9.97. The molecule has 0 fully saturated rings. The molecule has 28 heavy (non-hydrogen) atoms. The maximum Gasteiger partial charge on any atom is 0.234 e. The molecule has 1 N–H and O–H groups in total. The largest absolute Gasteiger partial charge is 0.373 e. The number of ether oxygens (including phenoxy) is 1. The summed E-state index contributed by atoms with van der Waals surface area (Å²) in [5, 5.41) is 0. The second-order valence-electron chi connectivity index (χ2n) is 7.88. The van der Waals surface area contributed by atoms with Gasteiger partial charge in [0.1, 0.15) is 5.82 Å².